The van der Waals surface area contributed by atoms with Gasteiger partial charge in [-0.2, -0.15) is 0 Å². The highest BCUT2D eigenvalue weighted by atomic mass is 35.5. The zero-order valence-corrected chi connectivity index (χ0v) is 11.8. The van der Waals surface area contributed by atoms with Gasteiger partial charge in [0.15, 0.2) is 0 Å². The molecule has 0 spiro atoms. The molecule has 1 atom stereocenters. The van der Waals surface area contributed by atoms with E-state index in [9.17, 15) is 9.59 Å². The number of carbonyl (C=O) groups is 2. The number of carbonyl (C=O) groups excluding carboxylic acids is 2. The molecule has 106 valence electrons. The Balaban J connectivity index is 0.00000324. The van der Waals surface area contributed by atoms with Gasteiger partial charge in [-0.3, -0.25) is 9.59 Å². The summed E-state index contributed by atoms with van der Waals surface area (Å²) in [7, 11) is 1.33. The van der Waals surface area contributed by atoms with Crippen LogP contribution in [0.1, 0.15) is 22.8 Å². The smallest absolute Gasteiger partial charge is 0.310 e. The standard InChI is InChI=1S/C13H18N2O3.ClH/c1-9(13(17)18-2)8-15-12(16)11-5-3-10(7-14)4-6-11;/h3-6,9H,7-8,14H2,1-2H3,(H,15,16);1H. The van der Waals surface area contributed by atoms with Crippen LogP contribution in [-0.2, 0) is 16.1 Å². The molecule has 3 N–H and O–H groups in total. The Bertz CT molecular complexity index is 420. The number of nitrogens with two attached hydrogens (primary N) is 1. The number of ether oxygens (including phenoxy) is 1. The third kappa shape index (κ3) is 5.28. The molecule has 0 radical (unpaired) electrons. The molecular formula is C13H19ClN2O3. The van der Waals surface area contributed by atoms with E-state index in [1.807, 2.05) is 0 Å². The maximum absolute atomic E-state index is 11.8. The highest BCUT2D eigenvalue weighted by molar-refractivity contribution is 5.94. The van der Waals surface area contributed by atoms with Crippen molar-refractivity contribution in [2.75, 3.05) is 13.7 Å². The zero-order chi connectivity index (χ0) is 13.5. The molecule has 0 aliphatic rings. The monoisotopic (exact) mass is 286 g/mol. The molecule has 1 rings (SSSR count). The molecule has 0 aliphatic carbocycles. The third-order valence-corrected chi connectivity index (χ3v) is 2.62. The maximum atomic E-state index is 11.8. The van der Waals surface area contributed by atoms with E-state index in [0.717, 1.165) is 5.56 Å². The van der Waals surface area contributed by atoms with Crippen molar-refractivity contribution in [3.05, 3.63) is 35.4 Å². The van der Waals surface area contributed by atoms with E-state index >= 15 is 0 Å². The Morgan fingerprint density at radius 3 is 2.37 bits per heavy atom. The first-order chi connectivity index (χ1) is 8.58. The minimum atomic E-state index is -0.359. The fourth-order valence-corrected chi connectivity index (χ4v) is 1.42. The summed E-state index contributed by atoms with van der Waals surface area (Å²) in [5.41, 5.74) is 6.98. The van der Waals surface area contributed by atoms with Gasteiger partial charge in [-0.1, -0.05) is 19.1 Å². The summed E-state index contributed by atoms with van der Waals surface area (Å²) in [6, 6.07) is 7.03. The van der Waals surface area contributed by atoms with Crippen molar-refractivity contribution in [1.82, 2.24) is 5.32 Å². The molecule has 5 nitrogen and oxygen atoms in total. The van der Waals surface area contributed by atoms with E-state index < -0.39 is 0 Å². The Hall–Kier alpha value is -1.59. The van der Waals surface area contributed by atoms with Crippen LogP contribution in [0.3, 0.4) is 0 Å². The quantitative estimate of drug-likeness (QED) is 0.795. The Morgan fingerprint density at radius 1 is 1.32 bits per heavy atom. The van der Waals surface area contributed by atoms with Gasteiger partial charge in [-0.25, -0.2) is 0 Å². The van der Waals surface area contributed by atoms with Crippen LogP contribution in [0.5, 0.6) is 0 Å². The van der Waals surface area contributed by atoms with Crippen LogP contribution in [-0.4, -0.2) is 25.5 Å². The lowest BCUT2D eigenvalue weighted by molar-refractivity contribution is -0.144. The molecule has 0 saturated heterocycles. The van der Waals surface area contributed by atoms with E-state index in [1.54, 1.807) is 31.2 Å². The summed E-state index contributed by atoms with van der Waals surface area (Å²) < 4.78 is 4.58. The van der Waals surface area contributed by atoms with Crippen LogP contribution < -0.4 is 11.1 Å². The number of benzene rings is 1. The van der Waals surface area contributed by atoms with Gasteiger partial charge in [0.25, 0.3) is 5.91 Å². The predicted molar refractivity (Wildman–Crippen MR) is 75.1 cm³/mol. The molecule has 19 heavy (non-hydrogen) atoms. The molecule has 0 heterocycles. The summed E-state index contributed by atoms with van der Waals surface area (Å²) >= 11 is 0. The third-order valence-electron chi connectivity index (χ3n) is 2.62. The highest BCUT2D eigenvalue weighted by Crippen LogP contribution is 2.04. The van der Waals surface area contributed by atoms with E-state index in [-0.39, 0.29) is 36.7 Å². The number of hydrogen-bond acceptors (Lipinski definition) is 4. The molecule has 1 unspecified atom stereocenters. The van der Waals surface area contributed by atoms with Gasteiger partial charge in [0.1, 0.15) is 0 Å². The second-order valence-electron chi connectivity index (χ2n) is 4.04. The first-order valence-electron chi connectivity index (χ1n) is 5.73. The van der Waals surface area contributed by atoms with Gasteiger partial charge in [-0.15, -0.1) is 12.4 Å². The topological polar surface area (TPSA) is 81.4 Å². The molecule has 0 bridgehead atoms. The Kier molecular flexibility index (Phi) is 7.79. The van der Waals surface area contributed by atoms with Gasteiger partial charge in [-0.05, 0) is 17.7 Å². The fourth-order valence-electron chi connectivity index (χ4n) is 1.42. The Labute approximate surface area is 118 Å². The van der Waals surface area contributed by atoms with E-state index in [4.69, 9.17) is 5.73 Å². The average molecular weight is 287 g/mol. The molecule has 1 aromatic rings. The van der Waals surface area contributed by atoms with E-state index in [0.29, 0.717) is 12.1 Å². The van der Waals surface area contributed by atoms with Crippen molar-refractivity contribution < 1.29 is 14.3 Å². The normalized spacial score (nSPS) is 11.1. The maximum Gasteiger partial charge on any atom is 0.310 e. The Morgan fingerprint density at radius 2 is 1.89 bits per heavy atom. The summed E-state index contributed by atoms with van der Waals surface area (Å²) in [6.07, 6.45) is 0. The molecule has 1 amide bonds. The zero-order valence-electron chi connectivity index (χ0n) is 11.0. The van der Waals surface area contributed by atoms with Crippen molar-refractivity contribution in [2.45, 2.75) is 13.5 Å². The fraction of sp³-hybridized carbons (Fsp3) is 0.385. The first-order valence-corrected chi connectivity index (χ1v) is 5.73. The van der Waals surface area contributed by atoms with Crippen molar-refractivity contribution in [3.63, 3.8) is 0 Å². The number of rotatable bonds is 5. The second kappa shape index (κ2) is 8.50. The number of halogens is 1. The molecule has 0 saturated carbocycles. The first kappa shape index (κ1) is 17.4. The van der Waals surface area contributed by atoms with Crippen LogP contribution in [0.25, 0.3) is 0 Å². The highest BCUT2D eigenvalue weighted by Gasteiger charge is 2.14. The van der Waals surface area contributed by atoms with Crippen molar-refractivity contribution in [2.24, 2.45) is 11.7 Å². The predicted octanol–water partition coefficient (Wildman–Crippen LogP) is 1.11. The van der Waals surface area contributed by atoms with Crippen LogP contribution >= 0.6 is 12.4 Å². The van der Waals surface area contributed by atoms with Crippen molar-refractivity contribution in [1.29, 1.82) is 0 Å². The molecule has 0 fully saturated rings. The van der Waals surface area contributed by atoms with Gasteiger partial charge < -0.3 is 15.8 Å². The summed E-state index contributed by atoms with van der Waals surface area (Å²) in [5, 5.41) is 2.68. The largest absolute Gasteiger partial charge is 0.469 e. The SMILES string of the molecule is COC(=O)C(C)CNC(=O)c1ccc(CN)cc1.Cl. The summed E-state index contributed by atoms with van der Waals surface area (Å²) in [4.78, 5) is 22.9. The van der Waals surface area contributed by atoms with E-state index in [1.165, 1.54) is 7.11 Å². The lowest BCUT2D eigenvalue weighted by Gasteiger charge is -2.10. The van der Waals surface area contributed by atoms with Gasteiger partial charge >= 0.3 is 5.97 Å². The van der Waals surface area contributed by atoms with Crippen molar-refractivity contribution in [3.8, 4) is 0 Å². The van der Waals surface area contributed by atoms with Crippen LogP contribution in [0, 0.1) is 5.92 Å². The minimum Gasteiger partial charge on any atom is -0.469 e. The summed E-state index contributed by atoms with van der Waals surface area (Å²) in [5.74, 6) is -0.912. The molecule has 0 aliphatic heterocycles. The average Bonchev–Trinajstić information content (AvgIpc) is 2.43. The number of amides is 1. The number of nitrogens with one attached hydrogen (secondary N) is 1. The lowest BCUT2D eigenvalue weighted by Crippen LogP contribution is -2.32. The van der Waals surface area contributed by atoms with Gasteiger partial charge in [0.2, 0.25) is 0 Å². The number of esters is 1. The number of hydrogen-bond donors (Lipinski definition) is 2. The van der Waals surface area contributed by atoms with Crippen molar-refractivity contribution >= 4 is 24.3 Å². The lowest BCUT2D eigenvalue weighted by atomic mass is 10.1. The molecule has 6 heteroatoms. The van der Waals surface area contributed by atoms with Crippen LogP contribution in [0.2, 0.25) is 0 Å². The number of methoxy groups -OCH3 is 1. The van der Waals surface area contributed by atoms with Gasteiger partial charge in [0.05, 0.1) is 13.0 Å². The summed E-state index contributed by atoms with van der Waals surface area (Å²) in [6.45, 7) is 2.40. The van der Waals surface area contributed by atoms with E-state index in [2.05, 4.69) is 10.1 Å². The minimum absolute atomic E-state index is 0. The second-order valence-corrected chi connectivity index (χ2v) is 4.04. The molecule has 1 aromatic carbocycles. The molecular weight excluding hydrogens is 268 g/mol. The van der Waals surface area contributed by atoms with Crippen LogP contribution in [0.15, 0.2) is 24.3 Å². The van der Waals surface area contributed by atoms with Crippen LogP contribution in [0.4, 0.5) is 0 Å². The molecule has 0 aromatic heterocycles. The van der Waals surface area contributed by atoms with Gasteiger partial charge in [0, 0.05) is 18.7 Å².